The highest BCUT2D eigenvalue weighted by Gasteiger charge is 2.14. The smallest absolute Gasteiger partial charge is 0.267 e. The van der Waals surface area contributed by atoms with Gasteiger partial charge in [-0.15, -0.1) is 22.7 Å². The van der Waals surface area contributed by atoms with Crippen molar-refractivity contribution in [1.29, 1.82) is 0 Å². The number of methoxy groups -OCH3 is 2. The Kier molecular flexibility index (Phi) is 4.82. The number of anilines is 1. The molecule has 0 aliphatic carbocycles. The fraction of sp³-hybridized carbons (Fsp3) is 0.176. The van der Waals surface area contributed by atoms with Gasteiger partial charge in [-0.2, -0.15) is 0 Å². The van der Waals surface area contributed by atoms with E-state index >= 15 is 0 Å². The number of hydrogen-bond acceptors (Lipinski definition) is 6. The number of thiazole rings is 1. The molecule has 7 heteroatoms. The van der Waals surface area contributed by atoms with Crippen LogP contribution in [0.3, 0.4) is 0 Å². The van der Waals surface area contributed by atoms with Gasteiger partial charge in [-0.1, -0.05) is 0 Å². The molecule has 0 aliphatic rings. The molecule has 124 valence electrons. The molecule has 3 rings (SSSR count). The number of amides is 1. The quantitative estimate of drug-likeness (QED) is 0.730. The SMILES string of the molecule is COc1ccc(-c2csc(NC(=O)c3ccc(C)s3)n2)c(OC)c1. The van der Waals surface area contributed by atoms with Crippen molar-refractivity contribution < 1.29 is 14.3 Å². The Balaban J connectivity index is 1.82. The molecule has 3 aromatic rings. The summed E-state index contributed by atoms with van der Waals surface area (Å²) in [4.78, 5) is 18.5. The number of aromatic nitrogens is 1. The highest BCUT2D eigenvalue weighted by Crippen LogP contribution is 2.35. The van der Waals surface area contributed by atoms with Crippen LogP contribution in [0.5, 0.6) is 11.5 Å². The summed E-state index contributed by atoms with van der Waals surface area (Å²) in [6.07, 6.45) is 0. The number of nitrogens with zero attached hydrogens (tertiary/aromatic N) is 1. The van der Waals surface area contributed by atoms with Gasteiger partial charge >= 0.3 is 0 Å². The lowest BCUT2D eigenvalue weighted by atomic mass is 10.1. The molecule has 0 saturated heterocycles. The van der Waals surface area contributed by atoms with Crippen LogP contribution in [0.4, 0.5) is 5.13 Å². The fourth-order valence-electron chi connectivity index (χ4n) is 2.18. The number of nitrogens with one attached hydrogen (secondary N) is 1. The first-order chi connectivity index (χ1) is 11.6. The first kappa shape index (κ1) is 16.5. The Morgan fingerprint density at radius 1 is 1.17 bits per heavy atom. The van der Waals surface area contributed by atoms with E-state index in [1.165, 1.54) is 22.7 Å². The third-order valence-electron chi connectivity index (χ3n) is 3.37. The number of carbonyl (C=O) groups is 1. The molecule has 5 nitrogen and oxygen atoms in total. The molecule has 1 aromatic carbocycles. The first-order valence-corrected chi connectivity index (χ1v) is 8.86. The number of carbonyl (C=O) groups excluding carboxylic acids is 1. The summed E-state index contributed by atoms with van der Waals surface area (Å²) in [6.45, 7) is 1.97. The van der Waals surface area contributed by atoms with Crippen LogP contribution < -0.4 is 14.8 Å². The Hall–Kier alpha value is -2.38. The Bertz CT molecular complexity index is 870. The molecule has 0 bridgehead atoms. The molecule has 0 fully saturated rings. The predicted octanol–water partition coefficient (Wildman–Crippen LogP) is 4.45. The minimum atomic E-state index is -0.143. The van der Waals surface area contributed by atoms with Gasteiger partial charge < -0.3 is 9.47 Å². The molecule has 1 N–H and O–H groups in total. The average Bonchev–Trinajstić information content (AvgIpc) is 3.23. The molecular formula is C17H16N2O3S2. The number of thiophene rings is 1. The highest BCUT2D eigenvalue weighted by atomic mass is 32.1. The Morgan fingerprint density at radius 3 is 2.67 bits per heavy atom. The molecule has 0 aliphatic heterocycles. The van der Waals surface area contributed by atoms with Crippen molar-refractivity contribution >= 4 is 33.7 Å². The van der Waals surface area contributed by atoms with E-state index in [4.69, 9.17) is 9.47 Å². The van der Waals surface area contributed by atoms with Crippen LogP contribution in [0.15, 0.2) is 35.7 Å². The summed E-state index contributed by atoms with van der Waals surface area (Å²) < 4.78 is 10.6. The number of hydrogen-bond donors (Lipinski definition) is 1. The van der Waals surface area contributed by atoms with Crippen molar-refractivity contribution in [3.63, 3.8) is 0 Å². The molecule has 0 unspecified atom stereocenters. The molecule has 0 saturated carbocycles. The maximum Gasteiger partial charge on any atom is 0.267 e. The summed E-state index contributed by atoms with van der Waals surface area (Å²) in [5.41, 5.74) is 1.60. The van der Waals surface area contributed by atoms with Crippen LogP contribution in [0.25, 0.3) is 11.3 Å². The second kappa shape index (κ2) is 7.02. The van der Waals surface area contributed by atoms with E-state index < -0.39 is 0 Å². The normalized spacial score (nSPS) is 10.5. The number of benzene rings is 1. The molecule has 0 spiro atoms. The van der Waals surface area contributed by atoms with Gasteiger partial charge in [-0.25, -0.2) is 4.98 Å². The molecule has 2 heterocycles. The summed E-state index contributed by atoms with van der Waals surface area (Å²) in [5.74, 6) is 1.24. The number of aryl methyl sites for hydroxylation is 1. The van der Waals surface area contributed by atoms with Crippen molar-refractivity contribution in [1.82, 2.24) is 4.98 Å². The van der Waals surface area contributed by atoms with Gasteiger partial charge in [0.2, 0.25) is 0 Å². The van der Waals surface area contributed by atoms with Crippen molar-refractivity contribution in [2.24, 2.45) is 0 Å². The standard InChI is InChI=1S/C17H16N2O3S2/c1-10-4-7-15(24-10)16(20)19-17-18-13(9-23-17)12-6-5-11(21-2)8-14(12)22-3/h4-9H,1-3H3,(H,18,19,20). The second-order valence-electron chi connectivity index (χ2n) is 4.97. The number of rotatable bonds is 5. The van der Waals surface area contributed by atoms with Gasteiger partial charge in [0.25, 0.3) is 5.91 Å². The van der Waals surface area contributed by atoms with Gasteiger partial charge in [-0.3, -0.25) is 10.1 Å². The van der Waals surface area contributed by atoms with Crippen molar-refractivity contribution in [3.05, 3.63) is 45.5 Å². The molecule has 2 aromatic heterocycles. The average molecular weight is 360 g/mol. The lowest BCUT2D eigenvalue weighted by molar-refractivity contribution is 0.103. The van der Waals surface area contributed by atoms with Gasteiger partial charge in [-0.05, 0) is 31.2 Å². The molecular weight excluding hydrogens is 344 g/mol. The third-order valence-corrected chi connectivity index (χ3v) is 5.13. The van der Waals surface area contributed by atoms with E-state index in [-0.39, 0.29) is 5.91 Å². The molecule has 0 atom stereocenters. The van der Waals surface area contributed by atoms with Crippen LogP contribution in [0, 0.1) is 6.92 Å². The monoisotopic (exact) mass is 360 g/mol. The van der Waals surface area contributed by atoms with E-state index in [2.05, 4.69) is 10.3 Å². The Morgan fingerprint density at radius 2 is 2.00 bits per heavy atom. The van der Waals surface area contributed by atoms with Gasteiger partial charge in [0.15, 0.2) is 5.13 Å². The zero-order chi connectivity index (χ0) is 17.1. The first-order valence-electron chi connectivity index (χ1n) is 7.16. The van der Waals surface area contributed by atoms with Crippen LogP contribution in [0.2, 0.25) is 0 Å². The van der Waals surface area contributed by atoms with Crippen molar-refractivity contribution in [2.45, 2.75) is 6.92 Å². The van der Waals surface area contributed by atoms with Crippen LogP contribution >= 0.6 is 22.7 Å². The fourth-order valence-corrected chi connectivity index (χ4v) is 3.65. The van der Waals surface area contributed by atoms with E-state index in [0.29, 0.717) is 21.5 Å². The van der Waals surface area contributed by atoms with Crippen molar-refractivity contribution in [3.8, 4) is 22.8 Å². The summed E-state index contributed by atoms with van der Waals surface area (Å²) in [7, 11) is 3.21. The van der Waals surface area contributed by atoms with E-state index in [1.807, 2.05) is 36.6 Å². The van der Waals surface area contributed by atoms with Crippen LogP contribution in [-0.4, -0.2) is 25.1 Å². The minimum absolute atomic E-state index is 0.143. The molecule has 1 amide bonds. The second-order valence-corrected chi connectivity index (χ2v) is 7.11. The third kappa shape index (κ3) is 3.42. The van der Waals surface area contributed by atoms with Gasteiger partial charge in [0.05, 0.1) is 24.8 Å². The maximum atomic E-state index is 12.2. The lowest BCUT2D eigenvalue weighted by Gasteiger charge is -2.08. The summed E-state index contributed by atoms with van der Waals surface area (Å²) >= 11 is 2.84. The maximum absolute atomic E-state index is 12.2. The number of ether oxygens (including phenoxy) is 2. The van der Waals surface area contributed by atoms with Crippen molar-refractivity contribution in [2.75, 3.05) is 19.5 Å². The largest absolute Gasteiger partial charge is 0.497 e. The predicted molar refractivity (Wildman–Crippen MR) is 97.7 cm³/mol. The zero-order valence-corrected chi connectivity index (χ0v) is 15.1. The Labute approximate surface area is 147 Å². The molecule has 0 radical (unpaired) electrons. The zero-order valence-electron chi connectivity index (χ0n) is 13.5. The van der Waals surface area contributed by atoms with E-state index in [1.54, 1.807) is 20.3 Å². The summed E-state index contributed by atoms with van der Waals surface area (Å²) in [6, 6.07) is 9.29. The van der Waals surface area contributed by atoms with Gasteiger partial charge in [0.1, 0.15) is 11.5 Å². The highest BCUT2D eigenvalue weighted by molar-refractivity contribution is 7.15. The minimum Gasteiger partial charge on any atom is -0.497 e. The summed E-state index contributed by atoms with van der Waals surface area (Å²) in [5, 5.41) is 5.28. The molecule has 24 heavy (non-hydrogen) atoms. The lowest BCUT2D eigenvalue weighted by Crippen LogP contribution is -2.09. The van der Waals surface area contributed by atoms with Crippen LogP contribution in [0.1, 0.15) is 14.5 Å². The van der Waals surface area contributed by atoms with Crippen LogP contribution in [-0.2, 0) is 0 Å². The van der Waals surface area contributed by atoms with Gasteiger partial charge in [0, 0.05) is 21.9 Å². The van der Waals surface area contributed by atoms with E-state index in [0.717, 1.165) is 16.1 Å². The van der Waals surface area contributed by atoms with E-state index in [9.17, 15) is 4.79 Å². The topological polar surface area (TPSA) is 60.5 Å².